The smallest absolute Gasteiger partial charge is 0.135 e. The molecule has 4 heteroatoms. The average Bonchev–Trinajstić information content (AvgIpc) is 2.45. The fourth-order valence-corrected chi connectivity index (χ4v) is 2.00. The highest BCUT2D eigenvalue weighted by molar-refractivity contribution is 5.59. The molecule has 0 saturated heterocycles. The molecule has 2 aromatic rings. The largest absolute Gasteiger partial charge is 0.360 e. The Morgan fingerprint density at radius 3 is 2.80 bits per heavy atom. The number of aryl methyl sites for hydroxylation is 1. The van der Waals surface area contributed by atoms with Gasteiger partial charge in [-0.1, -0.05) is 25.5 Å². The first kappa shape index (κ1) is 14.3. The van der Waals surface area contributed by atoms with Gasteiger partial charge >= 0.3 is 0 Å². The summed E-state index contributed by atoms with van der Waals surface area (Å²) in [4.78, 5) is 10.8. The van der Waals surface area contributed by atoms with E-state index in [4.69, 9.17) is 0 Å². The summed E-state index contributed by atoms with van der Waals surface area (Å²) in [5.74, 6) is 1.77. The molecule has 1 aromatic heterocycles. The van der Waals surface area contributed by atoms with Crippen molar-refractivity contribution in [2.75, 3.05) is 23.8 Å². The molecule has 0 atom stereocenters. The summed E-state index contributed by atoms with van der Waals surface area (Å²) in [5, 5.41) is 3.32. The third kappa shape index (κ3) is 3.95. The van der Waals surface area contributed by atoms with E-state index in [-0.39, 0.29) is 0 Å². The van der Waals surface area contributed by atoms with E-state index in [1.54, 1.807) is 6.33 Å². The van der Waals surface area contributed by atoms with Gasteiger partial charge in [0.2, 0.25) is 0 Å². The van der Waals surface area contributed by atoms with Crippen LogP contribution in [0.25, 0.3) is 0 Å². The van der Waals surface area contributed by atoms with Crippen LogP contribution in [0.4, 0.5) is 17.3 Å². The maximum absolute atomic E-state index is 4.33. The normalized spacial score (nSPS) is 10.3. The van der Waals surface area contributed by atoms with Crippen molar-refractivity contribution in [3.63, 3.8) is 0 Å². The SMILES string of the molecule is CCCCN(C)c1cc(Nc2cccc(C)c2)ncn1. The van der Waals surface area contributed by atoms with Crippen molar-refractivity contribution in [2.24, 2.45) is 0 Å². The number of anilines is 3. The van der Waals surface area contributed by atoms with E-state index < -0.39 is 0 Å². The van der Waals surface area contributed by atoms with Crippen molar-refractivity contribution in [3.05, 3.63) is 42.2 Å². The van der Waals surface area contributed by atoms with Gasteiger partial charge in [0, 0.05) is 25.3 Å². The lowest BCUT2D eigenvalue weighted by Gasteiger charge is -2.18. The van der Waals surface area contributed by atoms with Crippen molar-refractivity contribution in [3.8, 4) is 0 Å². The number of hydrogen-bond acceptors (Lipinski definition) is 4. The number of nitrogens with zero attached hydrogens (tertiary/aromatic N) is 3. The first-order valence-electron chi connectivity index (χ1n) is 7.06. The van der Waals surface area contributed by atoms with Gasteiger partial charge in [0.15, 0.2) is 0 Å². The monoisotopic (exact) mass is 270 g/mol. The molecule has 0 amide bonds. The fraction of sp³-hybridized carbons (Fsp3) is 0.375. The van der Waals surface area contributed by atoms with Crippen LogP contribution in [-0.4, -0.2) is 23.6 Å². The summed E-state index contributed by atoms with van der Waals surface area (Å²) in [6.07, 6.45) is 3.96. The molecule has 1 aromatic carbocycles. The number of aromatic nitrogens is 2. The van der Waals surface area contributed by atoms with Crippen LogP contribution in [0.15, 0.2) is 36.7 Å². The Hall–Kier alpha value is -2.10. The molecule has 0 aliphatic rings. The lowest BCUT2D eigenvalue weighted by Crippen LogP contribution is -2.19. The minimum atomic E-state index is 0.823. The predicted molar refractivity (Wildman–Crippen MR) is 84.7 cm³/mol. The van der Waals surface area contributed by atoms with E-state index in [0.717, 1.165) is 23.9 Å². The van der Waals surface area contributed by atoms with Crippen molar-refractivity contribution in [2.45, 2.75) is 26.7 Å². The van der Waals surface area contributed by atoms with Crippen LogP contribution in [0.5, 0.6) is 0 Å². The molecule has 0 saturated carbocycles. The maximum Gasteiger partial charge on any atom is 0.135 e. The standard InChI is InChI=1S/C16H22N4/c1-4-5-9-20(3)16-11-15(17-12-18-16)19-14-8-6-7-13(2)10-14/h6-8,10-12H,4-5,9H2,1-3H3,(H,17,18,19). The Balaban J connectivity index is 2.09. The molecular weight excluding hydrogens is 248 g/mol. The summed E-state index contributed by atoms with van der Waals surface area (Å²) in [7, 11) is 2.06. The third-order valence-corrected chi connectivity index (χ3v) is 3.18. The van der Waals surface area contributed by atoms with Crippen molar-refractivity contribution >= 4 is 17.3 Å². The van der Waals surface area contributed by atoms with Gasteiger partial charge in [-0.3, -0.25) is 0 Å². The first-order chi connectivity index (χ1) is 9.69. The van der Waals surface area contributed by atoms with Gasteiger partial charge in [0.05, 0.1) is 0 Å². The topological polar surface area (TPSA) is 41.0 Å². The zero-order valence-corrected chi connectivity index (χ0v) is 12.4. The summed E-state index contributed by atoms with van der Waals surface area (Å²) in [5.41, 5.74) is 2.27. The van der Waals surface area contributed by atoms with Gasteiger partial charge in [-0.2, -0.15) is 0 Å². The summed E-state index contributed by atoms with van der Waals surface area (Å²) < 4.78 is 0. The minimum absolute atomic E-state index is 0.823. The summed E-state index contributed by atoms with van der Waals surface area (Å²) >= 11 is 0. The van der Waals surface area contributed by atoms with E-state index in [1.165, 1.54) is 18.4 Å². The lowest BCUT2D eigenvalue weighted by atomic mass is 10.2. The van der Waals surface area contributed by atoms with Gasteiger partial charge in [-0.15, -0.1) is 0 Å². The Kier molecular flexibility index (Phi) is 4.93. The Morgan fingerprint density at radius 2 is 2.05 bits per heavy atom. The number of unbranched alkanes of at least 4 members (excludes halogenated alkanes) is 1. The predicted octanol–water partition coefficient (Wildman–Crippen LogP) is 3.76. The molecule has 106 valence electrons. The van der Waals surface area contributed by atoms with Gasteiger partial charge in [-0.05, 0) is 31.0 Å². The van der Waals surface area contributed by atoms with Crippen molar-refractivity contribution in [1.82, 2.24) is 9.97 Å². The van der Waals surface area contributed by atoms with E-state index in [2.05, 4.69) is 53.2 Å². The first-order valence-corrected chi connectivity index (χ1v) is 7.06. The molecule has 0 spiro atoms. The van der Waals surface area contributed by atoms with Crippen LogP contribution < -0.4 is 10.2 Å². The molecule has 2 rings (SSSR count). The van der Waals surface area contributed by atoms with Gasteiger partial charge in [0.1, 0.15) is 18.0 Å². The molecule has 1 heterocycles. The second kappa shape index (κ2) is 6.89. The Labute approximate surface area is 120 Å². The quantitative estimate of drug-likeness (QED) is 0.867. The van der Waals surface area contributed by atoms with Crippen LogP contribution in [0.3, 0.4) is 0 Å². The average molecular weight is 270 g/mol. The van der Waals surface area contributed by atoms with Crippen molar-refractivity contribution in [1.29, 1.82) is 0 Å². The van der Waals surface area contributed by atoms with Crippen LogP contribution in [0.1, 0.15) is 25.3 Å². The summed E-state index contributed by atoms with van der Waals surface area (Å²) in [6.45, 7) is 5.28. The Bertz CT molecular complexity index is 554. The van der Waals surface area contributed by atoms with Crippen LogP contribution >= 0.6 is 0 Å². The second-order valence-corrected chi connectivity index (χ2v) is 5.03. The molecule has 20 heavy (non-hydrogen) atoms. The second-order valence-electron chi connectivity index (χ2n) is 5.03. The van der Waals surface area contributed by atoms with Gasteiger partial charge < -0.3 is 10.2 Å². The van der Waals surface area contributed by atoms with Crippen LogP contribution in [-0.2, 0) is 0 Å². The molecule has 0 aliphatic carbocycles. The highest BCUT2D eigenvalue weighted by Crippen LogP contribution is 2.18. The van der Waals surface area contributed by atoms with E-state index >= 15 is 0 Å². The van der Waals surface area contributed by atoms with Gasteiger partial charge in [-0.25, -0.2) is 9.97 Å². The molecule has 4 nitrogen and oxygen atoms in total. The zero-order valence-electron chi connectivity index (χ0n) is 12.4. The number of nitrogens with one attached hydrogen (secondary N) is 1. The highest BCUT2D eigenvalue weighted by Gasteiger charge is 2.04. The molecule has 0 aliphatic heterocycles. The number of hydrogen-bond donors (Lipinski definition) is 1. The Morgan fingerprint density at radius 1 is 1.20 bits per heavy atom. The molecule has 0 unspecified atom stereocenters. The van der Waals surface area contributed by atoms with E-state index in [9.17, 15) is 0 Å². The van der Waals surface area contributed by atoms with Gasteiger partial charge in [0.25, 0.3) is 0 Å². The van der Waals surface area contributed by atoms with Crippen LogP contribution in [0.2, 0.25) is 0 Å². The molecule has 1 N–H and O–H groups in total. The molecule has 0 bridgehead atoms. The highest BCUT2D eigenvalue weighted by atomic mass is 15.2. The molecule has 0 radical (unpaired) electrons. The van der Waals surface area contributed by atoms with Crippen molar-refractivity contribution < 1.29 is 0 Å². The molecule has 0 fully saturated rings. The maximum atomic E-state index is 4.33. The van der Waals surface area contributed by atoms with Crippen LogP contribution in [0, 0.1) is 6.92 Å². The third-order valence-electron chi connectivity index (χ3n) is 3.18. The fourth-order valence-electron chi connectivity index (χ4n) is 2.00. The summed E-state index contributed by atoms with van der Waals surface area (Å²) in [6, 6.07) is 10.2. The minimum Gasteiger partial charge on any atom is -0.360 e. The van der Waals surface area contributed by atoms with E-state index in [1.807, 2.05) is 18.2 Å². The van der Waals surface area contributed by atoms with E-state index in [0.29, 0.717) is 0 Å². The number of rotatable bonds is 6. The molecular formula is C16H22N4. The number of benzene rings is 1. The lowest BCUT2D eigenvalue weighted by molar-refractivity contribution is 0.758. The zero-order chi connectivity index (χ0) is 14.4.